The Morgan fingerprint density at radius 1 is 0.974 bits per heavy atom. The molecule has 1 heterocycles. The number of rotatable bonds is 11. The van der Waals surface area contributed by atoms with Crippen molar-refractivity contribution in [2.24, 2.45) is 0 Å². The maximum Gasteiger partial charge on any atom is 0.261 e. The van der Waals surface area contributed by atoms with Crippen LogP contribution < -0.4 is 14.4 Å². The van der Waals surface area contributed by atoms with Crippen molar-refractivity contribution in [1.29, 1.82) is 0 Å². The second kappa shape index (κ2) is 12.1. The van der Waals surface area contributed by atoms with E-state index in [1.54, 1.807) is 41.3 Å². The number of sulfonamides is 1. The van der Waals surface area contributed by atoms with E-state index in [1.165, 1.54) is 36.1 Å². The third kappa shape index (κ3) is 6.58. The molecule has 8 nitrogen and oxygen atoms in total. The summed E-state index contributed by atoms with van der Waals surface area (Å²) in [6.07, 6.45) is 0. The molecule has 0 radical (unpaired) electrons. The van der Waals surface area contributed by atoms with Gasteiger partial charge in [0, 0.05) is 24.3 Å². The molecular formula is C29H34N4O4S2. The Kier molecular flexibility index (Phi) is 8.89. The van der Waals surface area contributed by atoms with Gasteiger partial charge in [-0.2, -0.15) is 0 Å². The summed E-state index contributed by atoms with van der Waals surface area (Å²) in [5, 5.41) is 0.622. The van der Waals surface area contributed by atoms with Gasteiger partial charge in [0.25, 0.3) is 15.9 Å². The Labute approximate surface area is 234 Å². The van der Waals surface area contributed by atoms with E-state index >= 15 is 0 Å². The Morgan fingerprint density at radius 3 is 2.33 bits per heavy atom. The standard InChI is InChI=1S/C29H34N4O4S2/c1-6-32(7-2)15-16-33(29-30-26-17-20(3)21(4)18-27(26)38-29)28(34)22-9-8-10-23(19-22)31-39(35,36)25-13-11-24(37-5)12-14-25/h8-14,17-19,31H,6-7,15-16H2,1-5H3. The largest absolute Gasteiger partial charge is 0.497 e. The molecule has 0 unspecified atom stereocenters. The Balaban J connectivity index is 1.64. The van der Waals surface area contributed by atoms with Crippen LogP contribution in [-0.2, 0) is 10.0 Å². The van der Waals surface area contributed by atoms with Crippen molar-refractivity contribution in [3.63, 3.8) is 0 Å². The molecular weight excluding hydrogens is 532 g/mol. The molecule has 206 valence electrons. The van der Waals surface area contributed by atoms with Crippen molar-refractivity contribution in [2.75, 3.05) is 42.9 Å². The number of hydrogen-bond acceptors (Lipinski definition) is 7. The first-order valence-corrected chi connectivity index (χ1v) is 15.1. The lowest BCUT2D eigenvalue weighted by atomic mass is 10.1. The van der Waals surface area contributed by atoms with E-state index in [9.17, 15) is 13.2 Å². The predicted octanol–water partition coefficient (Wildman–Crippen LogP) is 5.71. The number of carbonyl (C=O) groups excluding carboxylic acids is 1. The molecule has 4 rings (SSSR count). The number of thiazole rings is 1. The normalized spacial score (nSPS) is 11.6. The third-order valence-electron chi connectivity index (χ3n) is 6.73. The van der Waals surface area contributed by atoms with Crippen LogP contribution in [0, 0.1) is 13.8 Å². The molecule has 4 aromatic rings. The highest BCUT2D eigenvalue weighted by Crippen LogP contribution is 2.32. The van der Waals surface area contributed by atoms with Crippen molar-refractivity contribution in [3.8, 4) is 5.75 Å². The number of ether oxygens (including phenoxy) is 1. The summed E-state index contributed by atoms with van der Waals surface area (Å²) in [6.45, 7) is 11.2. The molecule has 0 spiro atoms. The average molecular weight is 567 g/mol. The van der Waals surface area contributed by atoms with Gasteiger partial charge in [-0.3, -0.25) is 14.4 Å². The van der Waals surface area contributed by atoms with Crippen LogP contribution in [0.25, 0.3) is 10.2 Å². The molecule has 0 aliphatic heterocycles. The molecule has 1 N–H and O–H groups in total. The van der Waals surface area contributed by atoms with E-state index in [1.807, 2.05) is 6.07 Å². The van der Waals surface area contributed by atoms with Gasteiger partial charge in [-0.15, -0.1) is 0 Å². The minimum atomic E-state index is -3.85. The number of fused-ring (bicyclic) bond motifs is 1. The lowest BCUT2D eigenvalue weighted by molar-refractivity contribution is 0.0984. The maximum atomic E-state index is 13.9. The van der Waals surface area contributed by atoms with Gasteiger partial charge < -0.3 is 9.64 Å². The average Bonchev–Trinajstić information content (AvgIpc) is 3.33. The minimum Gasteiger partial charge on any atom is -0.497 e. The van der Waals surface area contributed by atoms with Crippen LogP contribution in [0.1, 0.15) is 35.3 Å². The molecule has 10 heteroatoms. The van der Waals surface area contributed by atoms with Crippen molar-refractivity contribution >= 4 is 48.3 Å². The molecule has 0 saturated carbocycles. The number of nitrogens with zero attached hydrogens (tertiary/aromatic N) is 3. The topological polar surface area (TPSA) is 91.8 Å². The van der Waals surface area contributed by atoms with Crippen LogP contribution in [0.5, 0.6) is 5.75 Å². The van der Waals surface area contributed by atoms with E-state index in [2.05, 4.69) is 43.4 Å². The van der Waals surface area contributed by atoms with E-state index in [0.717, 1.165) is 28.9 Å². The van der Waals surface area contributed by atoms with Gasteiger partial charge in [0.2, 0.25) is 0 Å². The monoisotopic (exact) mass is 566 g/mol. The predicted molar refractivity (Wildman–Crippen MR) is 159 cm³/mol. The fourth-order valence-corrected chi connectivity index (χ4v) is 6.31. The summed E-state index contributed by atoms with van der Waals surface area (Å²) >= 11 is 1.49. The third-order valence-corrected chi connectivity index (χ3v) is 9.17. The molecule has 0 aliphatic carbocycles. The van der Waals surface area contributed by atoms with Gasteiger partial charge in [-0.1, -0.05) is 31.3 Å². The van der Waals surface area contributed by atoms with Crippen molar-refractivity contribution in [1.82, 2.24) is 9.88 Å². The van der Waals surface area contributed by atoms with E-state index in [4.69, 9.17) is 9.72 Å². The quantitative estimate of drug-likeness (QED) is 0.250. The Morgan fingerprint density at radius 2 is 1.67 bits per heavy atom. The van der Waals surface area contributed by atoms with E-state index in [-0.39, 0.29) is 10.8 Å². The summed E-state index contributed by atoms with van der Waals surface area (Å²) in [5.41, 5.74) is 3.86. The fourth-order valence-electron chi connectivity index (χ4n) is 4.19. The van der Waals surface area contributed by atoms with Crippen LogP contribution >= 0.6 is 11.3 Å². The van der Waals surface area contributed by atoms with Crippen molar-refractivity contribution < 1.29 is 17.9 Å². The minimum absolute atomic E-state index is 0.0981. The number of nitrogens with one attached hydrogen (secondary N) is 1. The zero-order valence-electron chi connectivity index (χ0n) is 22.9. The van der Waals surface area contributed by atoms with Crippen LogP contribution in [0.4, 0.5) is 10.8 Å². The molecule has 0 saturated heterocycles. The number of methoxy groups -OCH3 is 1. The van der Waals surface area contributed by atoms with Crippen LogP contribution in [0.2, 0.25) is 0 Å². The van der Waals surface area contributed by atoms with Gasteiger partial charge in [0.1, 0.15) is 5.75 Å². The lowest BCUT2D eigenvalue weighted by Crippen LogP contribution is -2.38. The number of amides is 1. The Hall–Kier alpha value is -3.47. The fraction of sp³-hybridized carbons (Fsp3) is 0.310. The molecule has 39 heavy (non-hydrogen) atoms. The number of hydrogen-bond donors (Lipinski definition) is 1. The number of carbonyl (C=O) groups is 1. The van der Waals surface area contributed by atoms with Gasteiger partial charge in [-0.05, 0) is 92.7 Å². The second-order valence-electron chi connectivity index (χ2n) is 9.25. The second-order valence-corrected chi connectivity index (χ2v) is 11.9. The number of benzene rings is 3. The van der Waals surface area contributed by atoms with E-state index < -0.39 is 10.0 Å². The van der Waals surface area contributed by atoms with Crippen LogP contribution in [-0.4, -0.2) is 57.5 Å². The number of aromatic nitrogens is 1. The zero-order valence-corrected chi connectivity index (χ0v) is 24.5. The molecule has 1 aromatic heterocycles. The van der Waals surface area contributed by atoms with Gasteiger partial charge >= 0.3 is 0 Å². The van der Waals surface area contributed by atoms with Gasteiger partial charge in [0.15, 0.2) is 5.13 Å². The molecule has 0 atom stereocenters. The molecule has 0 aliphatic rings. The molecule has 0 bridgehead atoms. The SMILES string of the molecule is CCN(CC)CCN(C(=O)c1cccc(NS(=O)(=O)c2ccc(OC)cc2)c1)c1nc2cc(C)c(C)cc2s1. The first-order valence-electron chi connectivity index (χ1n) is 12.8. The lowest BCUT2D eigenvalue weighted by Gasteiger charge is -2.25. The molecule has 0 fully saturated rings. The number of aryl methyl sites for hydroxylation is 2. The highest BCUT2D eigenvalue weighted by atomic mass is 32.2. The van der Waals surface area contributed by atoms with Crippen molar-refractivity contribution in [2.45, 2.75) is 32.6 Å². The number of likely N-dealkylation sites (N-methyl/N-ethyl adjacent to an activating group) is 1. The number of anilines is 2. The smallest absolute Gasteiger partial charge is 0.261 e. The highest BCUT2D eigenvalue weighted by Gasteiger charge is 2.23. The van der Waals surface area contributed by atoms with Crippen LogP contribution in [0.3, 0.4) is 0 Å². The first-order chi connectivity index (χ1) is 18.6. The van der Waals surface area contributed by atoms with Crippen LogP contribution in [0.15, 0.2) is 65.6 Å². The summed E-state index contributed by atoms with van der Waals surface area (Å²) in [6, 6.07) is 16.8. The highest BCUT2D eigenvalue weighted by molar-refractivity contribution is 7.92. The van der Waals surface area contributed by atoms with Gasteiger partial charge in [0.05, 0.1) is 22.2 Å². The van der Waals surface area contributed by atoms with Gasteiger partial charge in [-0.25, -0.2) is 13.4 Å². The summed E-state index contributed by atoms with van der Waals surface area (Å²) in [4.78, 5) is 22.7. The first kappa shape index (κ1) is 28.5. The summed E-state index contributed by atoms with van der Waals surface area (Å²) in [7, 11) is -2.33. The maximum absolute atomic E-state index is 13.9. The molecule has 3 aromatic carbocycles. The molecule has 1 amide bonds. The summed E-state index contributed by atoms with van der Waals surface area (Å²) in [5.74, 6) is 0.326. The van der Waals surface area contributed by atoms with Crippen molar-refractivity contribution in [3.05, 3.63) is 77.4 Å². The Bertz CT molecular complexity index is 1520. The summed E-state index contributed by atoms with van der Waals surface area (Å²) < 4.78 is 34.7. The van der Waals surface area contributed by atoms with E-state index in [0.29, 0.717) is 35.2 Å². The zero-order chi connectivity index (χ0) is 28.2.